The monoisotopic (exact) mass is 308 g/mol. The molecule has 0 amide bonds. The van der Waals surface area contributed by atoms with E-state index in [1.807, 2.05) is 6.07 Å². The van der Waals surface area contributed by atoms with E-state index >= 15 is 0 Å². The lowest BCUT2D eigenvalue weighted by molar-refractivity contribution is 0.0526. The Labute approximate surface area is 131 Å². The number of nitriles is 1. The summed E-state index contributed by atoms with van der Waals surface area (Å²) in [7, 11) is 0. The van der Waals surface area contributed by atoms with Crippen LogP contribution in [0.15, 0.2) is 47.1 Å². The van der Waals surface area contributed by atoms with Crippen LogP contribution in [0, 0.1) is 11.3 Å². The molecule has 2 aromatic heterocycles. The van der Waals surface area contributed by atoms with Crippen LogP contribution in [0.1, 0.15) is 23.0 Å². The second-order valence-electron chi connectivity index (χ2n) is 4.55. The van der Waals surface area contributed by atoms with Gasteiger partial charge in [-0.15, -0.1) is 5.10 Å². The van der Waals surface area contributed by atoms with Gasteiger partial charge in [-0.05, 0) is 43.3 Å². The van der Waals surface area contributed by atoms with Crippen molar-refractivity contribution in [1.82, 2.24) is 15.0 Å². The van der Waals surface area contributed by atoms with Crippen LogP contribution in [-0.2, 0) is 4.74 Å². The van der Waals surface area contributed by atoms with Gasteiger partial charge in [0.2, 0.25) is 0 Å². The number of furan rings is 1. The number of hydrogen-bond acceptors (Lipinski definition) is 6. The lowest BCUT2D eigenvalue weighted by Crippen LogP contribution is -2.05. The van der Waals surface area contributed by atoms with Crippen molar-refractivity contribution >= 4 is 5.97 Å². The molecule has 7 heteroatoms. The Morgan fingerprint density at radius 1 is 1.35 bits per heavy atom. The molecular weight excluding hydrogens is 296 g/mol. The number of esters is 1. The highest BCUT2D eigenvalue weighted by Gasteiger charge is 2.18. The van der Waals surface area contributed by atoms with Crippen LogP contribution < -0.4 is 0 Å². The van der Waals surface area contributed by atoms with E-state index in [0.29, 0.717) is 29.3 Å². The Balaban J connectivity index is 2.02. The largest absolute Gasteiger partial charge is 0.463 e. The fourth-order valence-electron chi connectivity index (χ4n) is 2.13. The van der Waals surface area contributed by atoms with E-state index in [1.165, 1.54) is 10.9 Å². The normalized spacial score (nSPS) is 10.3. The topological polar surface area (TPSA) is 93.9 Å². The Hall–Kier alpha value is -3.40. The van der Waals surface area contributed by atoms with Crippen molar-refractivity contribution in [3.8, 4) is 23.2 Å². The van der Waals surface area contributed by atoms with Crippen LogP contribution in [0.5, 0.6) is 0 Å². The first-order valence-corrected chi connectivity index (χ1v) is 6.91. The molecule has 7 nitrogen and oxygen atoms in total. The zero-order chi connectivity index (χ0) is 16.2. The summed E-state index contributed by atoms with van der Waals surface area (Å²) in [6.45, 7) is 2.07. The molecule has 0 aliphatic rings. The third-order valence-corrected chi connectivity index (χ3v) is 3.15. The Kier molecular flexibility index (Phi) is 3.89. The average Bonchev–Trinajstić information content (AvgIpc) is 3.24. The molecule has 3 rings (SSSR count). The third kappa shape index (κ3) is 2.70. The molecule has 23 heavy (non-hydrogen) atoms. The summed E-state index contributed by atoms with van der Waals surface area (Å²) in [5.74, 6) is 0.0997. The molecule has 0 aliphatic carbocycles. The molecule has 3 aromatic rings. The van der Waals surface area contributed by atoms with Crippen LogP contribution in [0.25, 0.3) is 17.1 Å². The Bertz CT molecular complexity index is 858. The minimum Gasteiger partial charge on any atom is -0.463 e. The van der Waals surface area contributed by atoms with Gasteiger partial charge in [-0.25, -0.2) is 9.48 Å². The predicted octanol–water partition coefficient (Wildman–Crippen LogP) is 2.58. The molecule has 0 aliphatic heterocycles. The molecule has 1 aromatic carbocycles. The number of carbonyl (C=O) groups is 1. The Morgan fingerprint density at radius 3 is 2.74 bits per heavy atom. The van der Waals surface area contributed by atoms with E-state index in [-0.39, 0.29) is 11.7 Å². The van der Waals surface area contributed by atoms with E-state index in [4.69, 9.17) is 9.15 Å². The molecule has 0 fully saturated rings. The van der Waals surface area contributed by atoms with Gasteiger partial charge in [0, 0.05) is 0 Å². The van der Waals surface area contributed by atoms with Gasteiger partial charge < -0.3 is 9.15 Å². The molecule has 0 saturated carbocycles. The minimum absolute atomic E-state index is 0.161. The van der Waals surface area contributed by atoms with Crippen molar-refractivity contribution in [1.29, 1.82) is 5.26 Å². The number of carbonyl (C=O) groups excluding carboxylic acids is 1. The lowest BCUT2D eigenvalue weighted by Gasteiger charge is -2.06. The van der Waals surface area contributed by atoms with Gasteiger partial charge in [-0.2, -0.15) is 5.26 Å². The van der Waals surface area contributed by atoms with E-state index in [1.54, 1.807) is 43.3 Å². The van der Waals surface area contributed by atoms with Crippen molar-refractivity contribution in [2.75, 3.05) is 6.61 Å². The fourth-order valence-corrected chi connectivity index (χ4v) is 2.13. The second kappa shape index (κ2) is 6.15. The zero-order valence-electron chi connectivity index (χ0n) is 12.3. The summed E-state index contributed by atoms with van der Waals surface area (Å²) < 4.78 is 11.8. The predicted molar refractivity (Wildman–Crippen MR) is 79.7 cm³/mol. The van der Waals surface area contributed by atoms with Crippen LogP contribution in [0.4, 0.5) is 0 Å². The van der Waals surface area contributed by atoms with Crippen LogP contribution in [-0.4, -0.2) is 27.6 Å². The zero-order valence-corrected chi connectivity index (χ0v) is 12.3. The van der Waals surface area contributed by atoms with Gasteiger partial charge in [0.25, 0.3) is 0 Å². The SMILES string of the molecule is CCOC(=O)c1ccc(-n2nnc(C#N)c2-c2ccco2)cc1. The van der Waals surface area contributed by atoms with Crippen molar-refractivity contribution < 1.29 is 13.9 Å². The Morgan fingerprint density at radius 2 is 2.13 bits per heavy atom. The molecule has 0 spiro atoms. The van der Waals surface area contributed by atoms with Crippen molar-refractivity contribution in [3.63, 3.8) is 0 Å². The van der Waals surface area contributed by atoms with Gasteiger partial charge in [-0.1, -0.05) is 5.21 Å². The molecule has 0 atom stereocenters. The number of ether oxygens (including phenoxy) is 1. The highest BCUT2D eigenvalue weighted by atomic mass is 16.5. The van der Waals surface area contributed by atoms with Gasteiger partial charge in [-0.3, -0.25) is 0 Å². The molecule has 0 radical (unpaired) electrons. The number of rotatable bonds is 4. The molecule has 0 saturated heterocycles. The number of nitrogens with zero attached hydrogens (tertiary/aromatic N) is 4. The summed E-state index contributed by atoms with van der Waals surface area (Å²) in [6.07, 6.45) is 1.51. The highest BCUT2D eigenvalue weighted by Crippen LogP contribution is 2.25. The molecule has 114 valence electrons. The molecular formula is C16H12N4O3. The van der Waals surface area contributed by atoms with Gasteiger partial charge >= 0.3 is 5.97 Å². The van der Waals surface area contributed by atoms with Crippen molar-refractivity contribution in [2.45, 2.75) is 6.92 Å². The highest BCUT2D eigenvalue weighted by molar-refractivity contribution is 5.89. The molecule has 0 bridgehead atoms. The summed E-state index contributed by atoms with van der Waals surface area (Å²) in [5, 5.41) is 17.0. The summed E-state index contributed by atoms with van der Waals surface area (Å²) >= 11 is 0. The molecule has 0 unspecified atom stereocenters. The molecule has 0 N–H and O–H groups in total. The number of hydrogen-bond donors (Lipinski definition) is 0. The second-order valence-corrected chi connectivity index (χ2v) is 4.55. The maximum Gasteiger partial charge on any atom is 0.338 e. The quantitative estimate of drug-likeness (QED) is 0.688. The summed E-state index contributed by atoms with van der Waals surface area (Å²) in [4.78, 5) is 11.7. The van der Waals surface area contributed by atoms with Crippen molar-refractivity contribution in [2.24, 2.45) is 0 Å². The average molecular weight is 308 g/mol. The van der Waals surface area contributed by atoms with E-state index in [0.717, 1.165) is 0 Å². The maximum absolute atomic E-state index is 11.7. The van der Waals surface area contributed by atoms with Crippen molar-refractivity contribution in [3.05, 3.63) is 53.9 Å². The maximum atomic E-state index is 11.7. The standard InChI is InChI=1S/C16H12N4O3/c1-2-22-16(21)11-5-7-12(8-6-11)20-15(13(10-17)18-19-20)14-4-3-9-23-14/h3-9H,2H2,1H3. The van der Waals surface area contributed by atoms with E-state index in [2.05, 4.69) is 10.3 Å². The number of benzene rings is 1. The van der Waals surface area contributed by atoms with Crippen LogP contribution in [0.2, 0.25) is 0 Å². The molecule has 2 heterocycles. The van der Waals surface area contributed by atoms with Gasteiger partial charge in [0.1, 0.15) is 11.8 Å². The van der Waals surface area contributed by atoms with Gasteiger partial charge in [0.05, 0.1) is 24.1 Å². The third-order valence-electron chi connectivity index (χ3n) is 3.15. The summed E-state index contributed by atoms with van der Waals surface area (Å²) in [6, 6.07) is 12.1. The van der Waals surface area contributed by atoms with Crippen LogP contribution >= 0.6 is 0 Å². The van der Waals surface area contributed by atoms with Gasteiger partial charge in [0.15, 0.2) is 11.5 Å². The first-order chi connectivity index (χ1) is 11.2. The van der Waals surface area contributed by atoms with E-state index in [9.17, 15) is 10.1 Å². The van der Waals surface area contributed by atoms with E-state index < -0.39 is 0 Å². The first-order valence-electron chi connectivity index (χ1n) is 6.91. The smallest absolute Gasteiger partial charge is 0.338 e. The summed E-state index contributed by atoms with van der Waals surface area (Å²) in [5.41, 5.74) is 1.71. The lowest BCUT2D eigenvalue weighted by atomic mass is 10.2. The minimum atomic E-state index is -0.387. The fraction of sp³-hybridized carbons (Fsp3) is 0.125. The first kappa shape index (κ1) is 14.5. The number of aromatic nitrogens is 3. The van der Waals surface area contributed by atoms with Crippen LogP contribution in [0.3, 0.4) is 0 Å².